The van der Waals surface area contributed by atoms with Gasteiger partial charge in [0.2, 0.25) is 6.71 Å². The fraction of sp³-hybridized carbons (Fsp3) is 0.182. The van der Waals surface area contributed by atoms with Crippen molar-refractivity contribution in [1.29, 1.82) is 0 Å². The molecule has 1 atom stereocenters. The van der Waals surface area contributed by atoms with Crippen LogP contribution in [-0.2, 0) is 10.8 Å². The van der Waals surface area contributed by atoms with Gasteiger partial charge in [-0.15, -0.1) is 0 Å². The lowest BCUT2D eigenvalue weighted by molar-refractivity contribution is 0.614. The summed E-state index contributed by atoms with van der Waals surface area (Å²) in [6.07, 6.45) is 6.21. The van der Waals surface area contributed by atoms with Crippen LogP contribution < -0.4 is 10.4 Å². The Morgan fingerprint density at radius 3 is 1.89 bits per heavy atom. The van der Waals surface area contributed by atoms with Crippen LogP contribution in [0.25, 0.3) is 16.7 Å². The number of hydrogen-bond donors (Lipinski definition) is 0. The zero-order valence-electron chi connectivity index (χ0n) is 27.1. The second-order valence-corrected chi connectivity index (χ2v) is 14.5. The molecule has 1 nitrogen and oxygen atoms in total. The van der Waals surface area contributed by atoms with Crippen LogP contribution in [0.3, 0.4) is 0 Å². The molecule has 1 unspecified atom stereocenters. The lowest BCUT2D eigenvalue weighted by Crippen LogP contribution is -2.51. The minimum Gasteiger partial charge on any atom is -0.334 e. The zero-order chi connectivity index (χ0) is 31.2. The maximum Gasteiger partial charge on any atom is 0.239 e. The van der Waals surface area contributed by atoms with Gasteiger partial charge in [0.25, 0.3) is 0 Å². The van der Waals surface area contributed by atoms with Gasteiger partial charge >= 0.3 is 0 Å². The van der Waals surface area contributed by atoms with Gasteiger partial charge in [0.15, 0.2) is 0 Å². The summed E-state index contributed by atoms with van der Waals surface area (Å²) in [7, 11) is 0. The van der Waals surface area contributed by atoms with Crippen molar-refractivity contribution < 1.29 is 0 Å². The first-order chi connectivity index (χ1) is 22.4. The molecule has 0 N–H and O–H groups in total. The molecule has 9 rings (SSSR count). The molecule has 0 aromatic heterocycles. The van der Waals surface area contributed by atoms with E-state index in [1.807, 2.05) is 0 Å². The van der Waals surface area contributed by atoms with Gasteiger partial charge in [-0.05, 0) is 81.3 Å². The summed E-state index contributed by atoms with van der Waals surface area (Å²) in [5, 5.41) is 0. The number of benzene rings is 5. The molecule has 0 radical (unpaired) electrons. The molecule has 2 heterocycles. The van der Waals surface area contributed by atoms with Crippen molar-refractivity contribution in [3.05, 3.63) is 178 Å². The van der Waals surface area contributed by atoms with Crippen LogP contribution in [0, 0.1) is 0 Å². The average Bonchev–Trinajstić information content (AvgIpc) is 3.56. The lowest BCUT2D eigenvalue weighted by Gasteiger charge is -2.45. The van der Waals surface area contributed by atoms with Crippen LogP contribution in [0.15, 0.2) is 156 Å². The molecule has 4 aliphatic rings. The van der Waals surface area contributed by atoms with E-state index in [0.717, 1.165) is 6.42 Å². The van der Waals surface area contributed by atoms with Gasteiger partial charge in [-0.1, -0.05) is 153 Å². The number of nitrogens with zero attached hydrogens (tertiary/aromatic N) is 1. The second-order valence-electron chi connectivity index (χ2n) is 14.5. The third-order valence-electron chi connectivity index (χ3n) is 11.3. The van der Waals surface area contributed by atoms with Crippen LogP contribution in [0.5, 0.6) is 0 Å². The van der Waals surface area contributed by atoms with Gasteiger partial charge < -0.3 is 4.90 Å². The van der Waals surface area contributed by atoms with E-state index in [-0.39, 0.29) is 23.6 Å². The Hall–Kier alpha value is -4.82. The molecule has 5 aromatic rings. The van der Waals surface area contributed by atoms with Gasteiger partial charge in [0.1, 0.15) is 0 Å². The Bertz CT molecular complexity index is 2080. The topological polar surface area (TPSA) is 3.24 Å². The smallest absolute Gasteiger partial charge is 0.239 e. The molecule has 0 saturated carbocycles. The first kappa shape index (κ1) is 27.5. The summed E-state index contributed by atoms with van der Waals surface area (Å²) in [5.41, 5.74) is 18.3. The van der Waals surface area contributed by atoms with Gasteiger partial charge in [-0.2, -0.15) is 0 Å². The lowest BCUT2D eigenvalue weighted by atomic mass is 9.28. The van der Waals surface area contributed by atoms with Gasteiger partial charge in [0.05, 0.1) is 6.04 Å². The molecular weight excluding hydrogens is 553 g/mol. The van der Waals surface area contributed by atoms with E-state index in [9.17, 15) is 0 Å². The molecule has 2 aliphatic heterocycles. The third-order valence-corrected chi connectivity index (χ3v) is 11.3. The Morgan fingerprint density at radius 1 is 0.609 bits per heavy atom. The van der Waals surface area contributed by atoms with Crippen molar-refractivity contribution >= 4 is 29.1 Å². The van der Waals surface area contributed by atoms with E-state index in [0.29, 0.717) is 0 Å². The average molecular weight is 592 g/mol. The standard InChI is InChI=1S/C44H38BN/c1-43(2)37-28-33(46(31-18-10-6-11-19-31)32-20-12-7-13-21-32)24-25-39(37)45-41-35(26-30(27-38(41)43)29-16-8-5-9-17-29)40-34-22-14-15-23-36(34)44(3,4)42(40)45/h5-23,25-28,33H,24H2,1-4H3. The minimum atomic E-state index is -0.154. The van der Waals surface area contributed by atoms with Gasteiger partial charge in [-0.3, -0.25) is 0 Å². The summed E-state index contributed by atoms with van der Waals surface area (Å²) in [6.45, 7) is 10.1. The van der Waals surface area contributed by atoms with Crippen molar-refractivity contribution in [2.75, 3.05) is 4.90 Å². The summed E-state index contributed by atoms with van der Waals surface area (Å²) in [5.74, 6) is 0. The first-order valence-electron chi connectivity index (χ1n) is 16.8. The molecule has 0 fully saturated rings. The third kappa shape index (κ3) is 3.77. The maximum atomic E-state index is 2.63. The Balaban J connectivity index is 1.29. The zero-order valence-corrected chi connectivity index (χ0v) is 27.1. The molecule has 2 aliphatic carbocycles. The molecule has 222 valence electrons. The SMILES string of the molecule is CC1(C)C2=C(c3ccccc31)c1cc(-c3ccccc3)cc3c1B2C1=CCC(N(c2ccccc2)c2ccccc2)C=C1C3(C)C. The number of hydrogen-bond acceptors (Lipinski definition) is 1. The van der Waals surface area contributed by atoms with E-state index in [1.165, 1.54) is 61.4 Å². The Morgan fingerprint density at radius 2 is 1.22 bits per heavy atom. The number of rotatable bonds is 4. The molecule has 0 spiro atoms. The van der Waals surface area contributed by atoms with Gasteiger partial charge in [0, 0.05) is 22.2 Å². The number of anilines is 2. The van der Waals surface area contributed by atoms with Crippen molar-refractivity contribution in [3.8, 4) is 11.1 Å². The maximum absolute atomic E-state index is 2.63. The summed E-state index contributed by atoms with van der Waals surface area (Å²) in [6, 6.07) is 47.2. The highest BCUT2D eigenvalue weighted by atomic mass is 15.2. The van der Waals surface area contributed by atoms with Crippen molar-refractivity contribution in [3.63, 3.8) is 0 Å². The summed E-state index contributed by atoms with van der Waals surface area (Å²) >= 11 is 0. The van der Waals surface area contributed by atoms with E-state index >= 15 is 0 Å². The molecule has 0 bridgehead atoms. The number of para-hydroxylation sites is 2. The molecular formula is C44H38BN. The minimum absolute atomic E-state index is 0.0514. The normalized spacial score (nSPS) is 19.5. The fourth-order valence-corrected chi connectivity index (χ4v) is 9.18. The highest BCUT2D eigenvalue weighted by Crippen LogP contribution is 2.58. The van der Waals surface area contributed by atoms with Crippen LogP contribution in [-0.4, -0.2) is 12.8 Å². The van der Waals surface area contributed by atoms with Crippen LogP contribution in [0.4, 0.5) is 11.4 Å². The second kappa shape index (κ2) is 9.84. The van der Waals surface area contributed by atoms with E-state index in [1.54, 1.807) is 10.9 Å². The van der Waals surface area contributed by atoms with E-state index < -0.39 is 0 Å². The highest BCUT2D eigenvalue weighted by Gasteiger charge is 2.55. The van der Waals surface area contributed by atoms with Crippen molar-refractivity contribution in [2.45, 2.75) is 51.0 Å². The monoisotopic (exact) mass is 591 g/mol. The quantitative estimate of drug-likeness (QED) is 0.188. The fourth-order valence-electron chi connectivity index (χ4n) is 9.18. The molecule has 46 heavy (non-hydrogen) atoms. The largest absolute Gasteiger partial charge is 0.334 e. The van der Waals surface area contributed by atoms with Crippen molar-refractivity contribution in [2.24, 2.45) is 0 Å². The molecule has 0 amide bonds. The Kier molecular flexibility index (Phi) is 5.88. The highest BCUT2D eigenvalue weighted by molar-refractivity contribution is 6.91. The summed E-state index contributed by atoms with van der Waals surface area (Å²) in [4.78, 5) is 2.53. The van der Waals surface area contributed by atoms with Crippen LogP contribution in [0.2, 0.25) is 0 Å². The van der Waals surface area contributed by atoms with Crippen LogP contribution >= 0.6 is 0 Å². The molecule has 0 saturated heterocycles. The number of allylic oxidation sites excluding steroid dienone is 3. The van der Waals surface area contributed by atoms with E-state index in [2.05, 4.69) is 172 Å². The molecule has 5 aromatic carbocycles. The first-order valence-corrected chi connectivity index (χ1v) is 16.8. The Labute approximate surface area is 273 Å². The van der Waals surface area contributed by atoms with Crippen molar-refractivity contribution in [1.82, 2.24) is 0 Å². The molecule has 2 heteroatoms. The van der Waals surface area contributed by atoms with Crippen LogP contribution in [0.1, 0.15) is 56.4 Å². The number of fused-ring (bicyclic) bond motifs is 6. The van der Waals surface area contributed by atoms with E-state index in [4.69, 9.17) is 0 Å². The summed E-state index contributed by atoms with van der Waals surface area (Å²) < 4.78 is 0. The predicted octanol–water partition coefficient (Wildman–Crippen LogP) is 10.00. The van der Waals surface area contributed by atoms with Gasteiger partial charge in [-0.25, -0.2) is 0 Å². The predicted molar refractivity (Wildman–Crippen MR) is 195 cm³/mol.